The molecule has 0 aromatic heterocycles. The zero-order valence-corrected chi connectivity index (χ0v) is 14.8. The van der Waals surface area contributed by atoms with Crippen molar-refractivity contribution < 1.29 is 23.5 Å². The van der Waals surface area contributed by atoms with Crippen LogP contribution in [-0.4, -0.2) is 42.6 Å². The molecule has 2 aromatic rings. The molecule has 2 atom stereocenters. The minimum atomic E-state index is -0.819. The fourth-order valence-corrected chi connectivity index (χ4v) is 3.19. The van der Waals surface area contributed by atoms with Gasteiger partial charge in [0.15, 0.2) is 11.6 Å². The van der Waals surface area contributed by atoms with Crippen LogP contribution in [0.15, 0.2) is 48.5 Å². The Hall–Kier alpha value is -2.60. The molecule has 5 nitrogen and oxygen atoms in total. The van der Waals surface area contributed by atoms with E-state index in [-0.39, 0.29) is 24.3 Å². The van der Waals surface area contributed by atoms with E-state index in [1.54, 1.807) is 36.4 Å². The molecule has 0 N–H and O–H groups in total. The summed E-state index contributed by atoms with van der Waals surface area (Å²) in [6.07, 6.45) is -0.334. The highest BCUT2D eigenvalue weighted by Gasteiger charge is 2.42. The number of methoxy groups -OCH3 is 1. The molecule has 1 heterocycles. The van der Waals surface area contributed by atoms with Crippen molar-refractivity contribution in [1.82, 2.24) is 4.90 Å². The number of hydrogen-bond donors (Lipinski definition) is 0. The van der Waals surface area contributed by atoms with Crippen molar-refractivity contribution in [3.8, 4) is 5.75 Å². The van der Waals surface area contributed by atoms with Gasteiger partial charge in [0.05, 0.1) is 24.2 Å². The molecule has 1 fully saturated rings. The third-order valence-corrected chi connectivity index (χ3v) is 4.56. The zero-order valence-electron chi connectivity index (χ0n) is 14.0. The van der Waals surface area contributed by atoms with E-state index < -0.39 is 29.8 Å². The topological polar surface area (TPSA) is 55.8 Å². The number of esters is 1. The fraction of sp³-hybridized carbons (Fsp3) is 0.263. The van der Waals surface area contributed by atoms with Gasteiger partial charge in [0.1, 0.15) is 12.1 Å². The van der Waals surface area contributed by atoms with Crippen LogP contribution in [-0.2, 0) is 9.53 Å². The van der Waals surface area contributed by atoms with Gasteiger partial charge in [-0.3, -0.25) is 4.79 Å². The fourth-order valence-electron chi connectivity index (χ4n) is 2.98. The highest BCUT2D eigenvalue weighted by Crippen LogP contribution is 2.28. The summed E-state index contributed by atoms with van der Waals surface area (Å²) in [6.45, 7) is 0.123. The molecule has 0 spiro atoms. The van der Waals surface area contributed by atoms with Gasteiger partial charge in [0.2, 0.25) is 0 Å². The molecule has 2 aromatic carbocycles. The number of likely N-dealkylation sites (tertiary alicyclic amines) is 1. The van der Waals surface area contributed by atoms with Crippen LogP contribution in [0.3, 0.4) is 0 Å². The van der Waals surface area contributed by atoms with Crippen molar-refractivity contribution in [2.24, 2.45) is 0 Å². The lowest BCUT2D eigenvalue weighted by molar-refractivity contribution is -0.145. The maximum Gasteiger partial charge on any atom is 0.328 e. The number of para-hydroxylation sites is 1. The van der Waals surface area contributed by atoms with E-state index in [4.69, 9.17) is 21.1 Å². The first-order valence-corrected chi connectivity index (χ1v) is 8.43. The molecule has 1 saturated heterocycles. The Morgan fingerprint density at radius 3 is 2.54 bits per heavy atom. The van der Waals surface area contributed by atoms with E-state index in [0.29, 0.717) is 5.02 Å². The van der Waals surface area contributed by atoms with Gasteiger partial charge in [-0.1, -0.05) is 35.9 Å². The van der Waals surface area contributed by atoms with Crippen molar-refractivity contribution in [3.05, 3.63) is 64.9 Å². The molecule has 1 aliphatic heterocycles. The molecule has 0 radical (unpaired) electrons. The SMILES string of the molecule is COC(=O)[C@@H]1C[C@H](Oc2ccccc2F)CN1C(=O)c1ccccc1Cl. The highest BCUT2D eigenvalue weighted by molar-refractivity contribution is 6.33. The van der Waals surface area contributed by atoms with Crippen LogP contribution < -0.4 is 4.74 Å². The summed E-state index contributed by atoms with van der Waals surface area (Å²) in [5.74, 6) is -1.37. The number of ether oxygens (including phenoxy) is 2. The van der Waals surface area contributed by atoms with Crippen molar-refractivity contribution in [2.45, 2.75) is 18.6 Å². The number of carbonyl (C=O) groups is 2. The first-order valence-electron chi connectivity index (χ1n) is 8.05. The lowest BCUT2D eigenvalue weighted by Gasteiger charge is -2.22. The Balaban J connectivity index is 1.83. The van der Waals surface area contributed by atoms with E-state index in [1.807, 2.05) is 0 Å². The monoisotopic (exact) mass is 377 g/mol. The van der Waals surface area contributed by atoms with E-state index in [9.17, 15) is 14.0 Å². The molecule has 1 aliphatic rings. The molecular formula is C19H17ClFNO4. The van der Waals surface area contributed by atoms with Gasteiger partial charge in [-0.25, -0.2) is 9.18 Å². The number of benzene rings is 2. The molecule has 3 rings (SSSR count). The van der Waals surface area contributed by atoms with Gasteiger partial charge < -0.3 is 14.4 Å². The highest BCUT2D eigenvalue weighted by atomic mass is 35.5. The lowest BCUT2D eigenvalue weighted by Crippen LogP contribution is -2.41. The zero-order chi connectivity index (χ0) is 18.7. The van der Waals surface area contributed by atoms with Gasteiger partial charge in [0, 0.05) is 6.42 Å². The van der Waals surface area contributed by atoms with E-state index in [0.717, 1.165) is 0 Å². The number of amides is 1. The predicted molar refractivity (Wildman–Crippen MR) is 93.7 cm³/mol. The molecule has 26 heavy (non-hydrogen) atoms. The average Bonchev–Trinajstić information content (AvgIpc) is 3.07. The van der Waals surface area contributed by atoms with Crippen LogP contribution in [0.2, 0.25) is 5.02 Å². The Morgan fingerprint density at radius 1 is 1.15 bits per heavy atom. The van der Waals surface area contributed by atoms with Crippen molar-refractivity contribution in [2.75, 3.05) is 13.7 Å². The summed E-state index contributed by atoms with van der Waals surface area (Å²) >= 11 is 6.10. The predicted octanol–water partition coefficient (Wildman–Crippen LogP) is 3.31. The smallest absolute Gasteiger partial charge is 0.328 e. The maximum atomic E-state index is 13.8. The third kappa shape index (κ3) is 3.65. The largest absolute Gasteiger partial charge is 0.485 e. The summed E-state index contributed by atoms with van der Waals surface area (Å²) in [5.41, 5.74) is 0.287. The van der Waals surface area contributed by atoms with Crippen molar-refractivity contribution in [1.29, 1.82) is 0 Å². The van der Waals surface area contributed by atoms with E-state index in [2.05, 4.69) is 0 Å². The maximum absolute atomic E-state index is 13.8. The normalized spacial score (nSPS) is 19.3. The third-order valence-electron chi connectivity index (χ3n) is 4.23. The Morgan fingerprint density at radius 2 is 1.85 bits per heavy atom. The molecule has 136 valence electrons. The van der Waals surface area contributed by atoms with Crippen LogP contribution in [0.1, 0.15) is 16.8 Å². The molecule has 1 amide bonds. The first kappa shape index (κ1) is 18.2. The van der Waals surface area contributed by atoms with Crippen molar-refractivity contribution in [3.63, 3.8) is 0 Å². The van der Waals surface area contributed by atoms with Gasteiger partial charge in [-0.15, -0.1) is 0 Å². The van der Waals surface area contributed by atoms with Crippen LogP contribution in [0.25, 0.3) is 0 Å². The number of carbonyl (C=O) groups excluding carboxylic acids is 2. The molecular weight excluding hydrogens is 361 g/mol. The van der Waals surface area contributed by atoms with Gasteiger partial charge in [-0.2, -0.15) is 0 Å². The Kier molecular flexibility index (Phi) is 5.42. The van der Waals surface area contributed by atoms with Gasteiger partial charge >= 0.3 is 5.97 Å². The molecule has 0 bridgehead atoms. The van der Waals surface area contributed by atoms with Crippen LogP contribution >= 0.6 is 11.6 Å². The minimum absolute atomic E-state index is 0.0770. The van der Waals surface area contributed by atoms with E-state index in [1.165, 1.54) is 24.1 Å². The molecule has 0 aliphatic carbocycles. The quantitative estimate of drug-likeness (QED) is 0.767. The summed E-state index contributed by atoms with van der Waals surface area (Å²) in [4.78, 5) is 26.4. The summed E-state index contributed by atoms with van der Waals surface area (Å²) in [7, 11) is 1.26. The number of rotatable bonds is 4. The van der Waals surface area contributed by atoms with E-state index >= 15 is 0 Å². The second kappa shape index (κ2) is 7.74. The van der Waals surface area contributed by atoms with Crippen LogP contribution in [0.4, 0.5) is 4.39 Å². The Labute approximate surface area is 155 Å². The summed E-state index contributed by atoms with van der Waals surface area (Å²) in [5, 5.41) is 0.291. The lowest BCUT2D eigenvalue weighted by atomic mass is 10.1. The number of halogens is 2. The van der Waals surface area contributed by atoms with Gasteiger partial charge in [-0.05, 0) is 24.3 Å². The minimum Gasteiger partial charge on any atom is -0.485 e. The standard InChI is InChI=1S/C19H17ClFNO4/c1-25-19(24)16-10-12(26-17-9-5-4-8-15(17)21)11-22(16)18(23)13-6-2-3-7-14(13)20/h2-9,12,16H,10-11H2,1H3/t12-,16-/m0/s1. The molecule has 0 unspecified atom stereocenters. The second-order valence-corrected chi connectivity index (χ2v) is 6.29. The number of hydrogen-bond acceptors (Lipinski definition) is 4. The summed E-state index contributed by atoms with van der Waals surface area (Å²) in [6, 6.07) is 11.8. The first-order chi connectivity index (χ1) is 12.5. The van der Waals surface area contributed by atoms with Crippen LogP contribution in [0.5, 0.6) is 5.75 Å². The van der Waals surface area contributed by atoms with Gasteiger partial charge in [0.25, 0.3) is 5.91 Å². The Bertz CT molecular complexity index is 829. The number of nitrogens with zero attached hydrogens (tertiary/aromatic N) is 1. The average molecular weight is 378 g/mol. The second-order valence-electron chi connectivity index (χ2n) is 5.88. The summed E-state index contributed by atoms with van der Waals surface area (Å²) < 4.78 is 24.3. The molecule has 7 heteroatoms. The van der Waals surface area contributed by atoms with Crippen LogP contribution in [0, 0.1) is 5.82 Å². The van der Waals surface area contributed by atoms with Crippen molar-refractivity contribution >= 4 is 23.5 Å². The molecule has 0 saturated carbocycles.